The van der Waals surface area contributed by atoms with E-state index in [1.165, 1.54) is 7.11 Å². The number of hydrogen-bond donors (Lipinski definition) is 1. The molecule has 0 bridgehead atoms. The zero-order valence-corrected chi connectivity index (χ0v) is 22.7. The third kappa shape index (κ3) is 9.97. The number of methoxy groups -OCH3 is 1. The first kappa shape index (κ1) is 31.1. The van der Waals surface area contributed by atoms with Crippen molar-refractivity contribution in [2.45, 2.75) is 67.3 Å². The molecule has 202 valence electrons. The van der Waals surface area contributed by atoms with E-state index in [-0.39, 0.29) is 67.1 Å². The molecule has 0 spiro atoms. The fraction of sp³-hybridized carbons (Fsp3) is 0.630. The molecule has 0 saturated carbocycles. The highest BCUT2D eigenvalue weighted by atomic mass is 16.6. The molecular formula is C27H41NO8. The van der Waals surface area contributed by atoms with Gasteiger partial charge in [0.15, 0.2) is 11.5 Å². The molecule has 1 aromatic carbocycles. The Morgan fingerprint density at radius 3 is 1.89 bits per heavy atom. The van der Waals surface area contributed by atoms with Crippen molar-refractivity contribution in [1.82, 2.24) is 5.32 Å². The van der Waals surface area contributed by atoms with Crippen molar-refractivity contribution in [3.63, 3.8) is 0 Å². The van der Waals surface area contributed by atoms with Crippen molar-refractivity contribution >= 4 is 23.9 Å². The summed E-state index contributed by atoms with van der Waals surface area (Å²) in [6.45, 7) is 13.3. The van der Waals surface area contributed by atoms with Crippen LogP contribution in [0, 0.1) is 23.7 Å². The lowest BCUT2D eigenvalue weighted by Gasteiger charge is -2.20. The van der Waals surface area contributed by atoms with Crippen LogP contribution in [0.3, 0.4) is 0 Å². The van der Waals surface area contributed by atoms with E-state index < -0.39 is 23.9 Å². The quantitative estimate of drug-likeness (QED) is 0.228. The number of rotatable bonds is 14. The third-order valence-electron chi connectivity index (χ3n) is 6.14. The maximum atomic E-state index is 12.7. The summed E-state index contributed by atoms with van der Waals surface area (Å²) in [5.41, 5.74) is 0.653. The van der Waals surface area contributed by atoms with Gasteiger partial charge < -0.3 is 24.3 Å². The highest BCUT2D eigenvalue weighted by Gasteiger charge is 2.25. The average Bonchev–Trinajstić information content (AvgIpc) is 2.85. The van der Waals surface area contributed by atoms with Gasteiger partial charge in [0.25, 0.3) is 0 Å². The number of ether oxygens (including phenoxy) is 4. The molecule has 36 heavy (non-hydrogen) atoms. The van der Waals surface area contributed by atoms with Gasteiger partial charge in [-0.3, -0.25) is 19.2 Å². The maximum absolute atomic E-state index is 12.7. The molecule has 9 nitrogen and oxygen atoms in total. The van der Waals surface area contributed by atoms with Gasteiger partial charge in [0, 0.05) is 13.0 Å². The van der Waals surface area contributed by atoms with Crippen LogP contribution < -0.4 is 14.8 Å². The van der Waals surface area contributed by atoms with Crippen LogP contribution in [-0.2, 0) is 35.1 Å². The fourth-order valence-electron chi connectivity index (χ4n) is 2.91. The van der Waals surface area contributed by atoms with Crippen LogP contribution in [-0.4, -0.2) is 50.2 Å². The van der Waals surface area contributed by atoms with Crippen LogP contribution in [0.2, 0.25) is 0 Å². The first-order chi connectivity index (χ1) is 16.9. The molecular weight excluding hydrogens is 466 g/mol. The van der Waals surface area contributed by atoms with Crippen molar-refractivity contribution < 1.29 is 38.1 Å². The average molecular weight is 508 g/mol. The lowest BCUT2D eigenvalue weighted by atomic mass is 9.98. The van der Waals surface area contributed by atoms with Crippen LogP contribution in [0.15, 0.2) is 18.2 Å². The van der Waals surface area contributed by atoms with Crippen LogP contribution in [0.5, 0.6) is 11.5 Å². The van der Waals surface area contributed by atoms with Crippen LogP contribution in [0.1, 0.15) is 60.5 Å². The van der Waals surface area contributed by atoms with Gasteiger partial charge in [-0.25, -0.2) is 0 Å². The molecule has 0 aromatic heterocycles. The van der Waals surface area contributed by atoms with Crippen molar-refractivity contribution in [1.29, 1.82) is 0 Å². The number of carbonyl (C=O) groups is 4. The molecule has 0 aliphatic heterocycles. The van der Waals surface area contributed by atoms with Crippen molar-refractivity contribution in [2.75, 3.05) is 20.3 Å². The fourth-order valence-corrected chi connectivity index (χ4v) is 2.91. The Balaban J connectivity index is 3.15. The number of benzene rings is 1. The largest absolute Gasteiger partial charge is 0.468 e. The van der Waals surface area contributed by atoms with E-state index in [0.29, 0.717) is 5.56 Å². The van der Waals surface area contributed by atoms with Crippen molar-refractivity contribution in [2.24, 2.45) is 23.7 Å². The molecule has 1 aromatic rings. The number of hydrogen-bond acceptors (Lipinski definition) is 9. The summed E-state index contributed by atoms with van der Waals surface area (Å²) in [5.74, 6) is -2.05. The minimum atomic E-state index is -0.733. The second-order valence-corrected chi connectivity index (χ2v) is 9.50. The summed E-state index contributed by atoms with van der Waals surface area (Å²) in [7, 11) is 1.28. The van der Waals surface area contributed by atoms with Gasteiger partial charge in [0.1, 0.15) is 12.6 Å². The summed E-state index contributed by atoms with van der Waals surface area (Å²) in [6, 6.07) is 4.10. The Bertz CT molecular complexity index is 896. The first-order valence-corrected chi connectivity index (χ1v) is 12.4. The zero-order chi connectivity index (χ0) is 27.4. The Morgan fingerprint density at radius 1 is 0.833 bits per heavy atom. The predicted octanol–water partition coefficient (Wildman–Crippen LogP) is 3.71. The van der Waals surface area contributed by atoms with Gasteiger partial charge in [-0.2, -0.15) is 0 Å². The molecule has 3 atom stereocenters. The summed E-state index contributed by atoms with van der Waals surface area (Å²) in [4.78, 5) is 48.9. The van der Waals surface area contributed by atoms with Gasteiger partial charge in [0.2, 0.25) is 0 Å². The zero-order valence-electron chi connectivity index (χ0n) is 22.7. The number of carbonyl (C=O) groups excluding carboxylic acids is 4. The second kappa shape index (κ2) is 15.2. The molecule has 0 aliphatic rings. The Kier molecular flexibility index (Phi) is 13.2. The minimum absolute atomic E-state index is 0.0577. The van der Waals surface area contributed by atoms with E-state index in [9.17, 15) is 19.2 Å². The maximum Gasteiger partial charge on any atom is 0.323 e. The van der Waals surface area contributed by atoms with E-state index in [4.69, 9.17) is 18.9 Å². The molecule has 1 rings (SSSR count). The minimum Gasteiger partial charge on any atom is -0.468 e. The standard InChI is InChI=1S/C27H41NO8/c1-9-24(29)34-13-12-28-21(27(32)33-8)14-20-10-11-22(35-25(30)18(6)16(2)3)23(15-20)36-26(31)19(7)17(4)5/h10-11,15-19,21,28H,9,12-14H2,1-8H3/t18?,19?,21-/m0/s1. The van der Waals surface area contributed by atoms with E-state index in [1.807, 2.05) is 27.7 Å². The lowest BCUT2D eigenvalue weighted by molar-refractivity contribution is -0.144. The van der Waals surface area contributed by atoms with E-state index in [2.05, 4.69) is 5.32 Å². The SMILES string of the molecule is CCC(=O)OCCN[C@@H](Cc1ccc(OC(=O)C(C)C(C)C)c(OC(=O)C(C)C(C)C)c1)C(=O)OC. The normalized spacial score (nSPS) is 13.6. The van der Waals surface area contributed by atoms with Gasteiger partial charge in [-0.05, 0) is 36.0 Å². The van der Waals surface area contributed by atoms with Gasteiger partial charge >= 0.3 is 23.9 Å². The van der Waals surface area contributed by atoms with Gasteiger partial charge in [-0.15, -0.1) is 0 Å². The molecule has 2 unspecified atom stereocenters. The van der Waals surface area contributed by atoms with Crippen LogP contribution in [0.25, 0.3) is 0 Å². The van der Waals surface area contributed by atoms with Crippen LogP contribution >= 0.6 is 0 Å². The van der Waals surface area contributed by atoms with Crippen LogP contribution in [0.4, 0.5) is 0 Å². The predicted molar refractivity (Wildman–Crippen MR) is 134 cm³/mol. The molecule has 0 aliphatic carbocycles. The molecule has 0 amide bonds. The third-order valence-corrected chi connectivity index (χ3v) is 6.14. The highest BCUT2D eigenvalue weighted by Crippen LogP contribution is 2.31. The van der Waals surface area contributed by atoms with E-state index in [1.54, 1.807) is 39.0 Å². The van der Waals surface area contributed by atoms with Crippen molar-refractivity contribution in [3.8, 4) is 11.5 Å². The van der Waals surface area contributed by atoms with E-state index in [0.717, 1.165) is 0 Å². The molecule has 9 heteroatoms. The van der Waals surface area contributed by atoms with Gasteiger partial charge in [-0.1, -0.05) is 54.5 Å². The molecule has 0 fully saturated rings. The molecule has 0 saturated heterocycles. The monoisotopic (exact) mass is 507 g/mol. The highest BCUT2D eigenvalue weighted by molar-refractivity contribution is 5.79. The van der Waals surface area contributed by atoms with Crippen molar-refractivity contribution in [3.05, 3.63) is 23.8 Å². The molecule has 0 radical (unpaired) electrons. The number of esters is 4. The Labute approximate surface area is 214 Å². The summed E-state index contributed by atoms with van der Waals surface area (Å²) < 4.78 is 21.2. The molecule has 1 N–H and O–H groups in total. The smallest absolute Gasteiger partial charge is 0.323 e. The van der Waals surface area contributed by atoms with E-state index >= 15 is 0 Å². The summed E-state index contributed by atoms with van der Waals surface area (Å²) in [6.07, 6.45) is 0.472. The Morgan fingerprint density at radius 2 is 1.39 bits per heavy atom. The molecule has 0 heterocycles. The van der Waals surface area contributed by atoms with Gasteiger partial charge in [0.05, 0.1) is 18.9 Å². The summed E-state index contributed by atoms with van der Waals surface area (Å²) >= 11 is 0. The first-order valence-electron chi connectivity index (χ1n) is 12.4. The summed E-state index contributed by atoms with van der Waals surface area (Å²) in [5, 5.41) is 3.02. The topological polar surface area (TPSA) is 117 Å². The number of nitrogens with one attached hydrogen (secondary N) is 1. The Hall–Kier alpha value is -2.94. The lowest BCUT2D eigenvalue weighted by Crippen LogP contribution is -2.41. The second-order valence-electron chi connectivity index (χ2n) is 9.50.